The SMILES string of the molecule is COc1ccc(-c2ccc(N3CCN(C(=O)COc4ccc5c(c4)OCO5)CC3)nn2)cc1. The molecule has 9 heteroatoms. The van der Waals surface area contributed by atoms with E-state index < -0.39 is 0 Å². The summed E-state index contributed by atoms with van der Waals surface area (Å²) in [5, 5.41) is 8.76. The van der Waals surface area contributed by atoms with E-state index in [2.05, 4.69) is 15.1 Å². The third kappa shape index (κ3) is 4.62. The van der Waals surface area contributed by atoms with Crippen molar-refractivity contribution in [2.45, 2.75) is 0 Å². The second kappa shape index (κ2) is 9.23. The lowest BCUT2D eigenvalue weighted by Gasteiger charge is -2.35. The topological polar surface area (TPSA) is 86.3 Å². The molecular formula is C24H24N4O5. The van der Waals surface area contributed by atoms with E-state index in [1.807, 2.05) is 41.3 Å². The Morgan fingerprint density at radius 1 is 0.909 bits per heavy atom. The van der Waals surface area contributed by atoms with Gasteiger partial charge in [0, 0.05) is 37.8 Å². The summed E-state index contributed by atoms with van der Waals surface area (Å²) in [5.41, 5.74) is 1.78. The van der Waals surface area contributed by atoms with E-state index in [0.717, 1.165) is 22.8 Å². The van der Waals surface area contributed by atoms with Crippen LogP contribution in [0.2, 0.25) is 0 Å². The zero-order valence-corrected chi connectivity index (χ0v) is 18.3. The number of benzene rings is 2. The van der Waals surface area contributed by atoms with Gasteiger partial charge in [-0.25, -0.2) is 0 Å². The van der Waals surface area contributed by atoms with Gasteiger partial charge in [-0.1, -0.05) is 0 Å². The maximum Gasteiger partial charge on any atom is 0.260 e. The Hall–Kier alpha value is -4.01. The van der Waals surface area contributed by atoms with Gasteiger partial charge in [0.15, 0.2) is 23.9 Å². The van der Waals surface area contributed by atoms with E-state index in [4.69, 9.17) is 18.9 Å². The molecule has 0 unspecified atom stereocenters. The largest absolute Gasteiger partial charge is 0.497 e. The van der Waals surface area contributed by atoms with Crippen LogP contribution in [0.1, 0.15) is 0 Å². The Labute approximate surface area is 191 Å². The van der Waals surface area contributed by atoms with E-state index >= 15 is 0 Å². The van der Waals surface area contributed by atoms with E-state index in [-0.39, 0.29) is 19.3 Å². The summed E-state index contributed by atoms with van der Waals surface area (Å²) in [4.78, 5) is 16.5. The summed E-state index contributed by atoms with van der Waals surface area (Å²) in [6, 6.07) is 16.9. The normalized spacial score (nSPS) is 14.8. The van der Waals surface area contributed by atoms with Crippen LogP contribution in [0.3, 0.4) is 0 Å². The second-order valence-corrected chi connectivity index (χ2v) is 7.68. The Balaban J connectivity index is 1.12. The lowest BCUT2D eigenvalue weighted by atomic mass is 10.1. The van der Waals surface area contributed by atoms with Gasteiger partial charge in [-0.15, -0.1) is 10.2 Å². The number of amides is 1. The van der Waals surface area contributed by atoms with Gasteiger partial charge in [0.2, 0.25) is 6.79 Å². The molecule has 1 fully saturated rings. The standard InChI is InChI=1S/C24H24N4O5/c1-30-18-4-2-17(3-5-18)20-7-9-23(26-25-20)27-10-12-28(13-11-27)24(29)15-31-19-6-8-21-22(14-19)33-16-32-21/h2-9,14H,10-13,15-16H2,1H3. The molecule has 1 saturated heterocycles. The molecule has 170 valence electrons. The molecule has 0 bridgehead atoms. The Bertz CT molecular complexity index is 1110. The Morgan fingerprint density at radius 2 is 1.67 bits per heavy atom. The quantitative estimate of drug-likeness (QED) is 0.569. The molecule has 9 nitrogen and oxygen atoms in total. The minimum absolute atomic E-state index is 0.0178. The van der Waals surface area contributed by atoms with Gasteiger partial charge in [0.25, 0.3) is 5.91 Å². The number of fused-ring (bicyclic) bond motifs is 1. The molecule has 2 aliphatic heterocycles. The number of carbonyl (C=O) groups is 1. The minimum atomic E-state index is -0.0479. The third-order valence-electron chi connectivity index (χ3n) is 5.70. The predicted molar refractivity (Wildman–Crippen MR) is 121 cm³/mol. The van der Waals surface area contributed by atoms with Gasteiger partial charge in [0.05, 0.1) is 12.8 Å². The highest BCUT2D eigenvalue weighted by Crippen LogP contribution is 2.35. The molecule has 0 aliphatic carbocycles. The number of hydrogen-bond donors (Lipinski definition) is 0. The first-order valence-corrected chi connectivity index (χ1v) is 10.7. The van der Waals surface area contributed by atoms with Crippen LogP contribution in [-0.4, -0.2) is 67.7 Å². The lowest BCUT2D eigenvalue weighted by molar-refractivity contribution is -0.133. The Morgan fingerprint density at radius 3 is 2.39 bits per heavy atom. The molecule has 3 aromatic rings. The van der Waals surface area contributed by atoms with Gasteiger partial charge >= 0.3 is 0 Å². The molecule has 3 heterocycles. The first kappa shape index (κ1) is 20.9. The van der Waals surface area contributed by atoms with Crippen molar-refractivity contribution in [2.24, 2.45) is 0 Å². The molecule has 2 aliphatic rings. The van der Waals surface area contributed by atoms with Crippen LogP contribution in [-0.2, 0) is 4.79 Å². The smallest absolute Gasteiger partial charge is 0.260 e. The second-order valence-electron chi connectivity index (χ2n) is 7.68. The zero-order valence-electron chi connectivity index (χ0n) is 18.3. The van der Waals surface area contributed by atoms with Crippen molar-refractivity contribution in [3.8, 4) is 34.3 Å². The molecule has 2 aromatic carbocycles. The van der Waals surface area contributed by atoms with E-state index in [1.54, 1.807) is 25.3 Å². The maximum absolute atomic E-state index is 12.6. The summed E-state index contributed by atoms with van der Waals surface area (Å²) in [5.74, 6) is 3.46. The summed E-state index contributed by atoms with van der Waals surface area (Å²) in [6.07, 6.45) is 0. The number of ether oxygens (including phenoxy) is 4. The average Bonchev–Trinajstić information content (AvgIpc) is 3.35. The van der Waals surface area contributed by atoms with Crippen LogP contribution in [0.25, 0.3) is 11.3 Å². The van der Waals surface area contributed by atoms with Gasteiger partial charge in [-0.2, -0.15) is 0 Å². The first-order valence-electron chi connectivity index (χ1n) is 10.7. The number of methoxy groups -OCH3 is 1. The first-order chi connectivity index (χ1) is 16.2. The molecule has 1 amide bonds. The van der Waals surface area contributed by atoms with Crippen LogP contribution in [0.15, 0.2) is 54.6 Å². The molecular weight excluding hydrogens is 424 g/mol. The number of aromatic nitrogens is 2. The van der Waals surface area contributed by atoms with Crippen molar-refractivity contribution in [2.75, 3.05) is 51.6 Å². The van der Waals surface area contributed by atoms with Crippen molar-refractivity contribution in [1.29, 1.82) is 0 Å². The summed E-state index contributed by atoms with van der Waals surface area (Å²) in [7, 11) is 1.64. The van der Waals surface area contributed by atoms with E-state index in [1.165, 1.54) is 0 Å². The number of piperazine rings is 1. The number of anilines is 1. The van der Waals surface area contributed by atoms with Crippen molar-refractivity contribution < 1.29 is 23.7 Å². The van der Waals surface area contributed by atoms with E-state index in [0.29, 0.717) is 43.4 Å². The Kier molecular flexibility index (Phi) is 5.84. The van der Waals surface area contributed by atoms with Crippen LogP contribution in [0.5, 0.6) is 23.0 Å². The van der Waals surface area contributed by atoms with Crippen LogP contribution >= 0.6 is 0 Å². The van der Waals surface area contributed by atoms with Gasteiger partial charge < -0.3 is 28.7 Å². The zero-order chi connectivity index (χ0) is 22.6. The fourth-order valence-corrected chi connectivity index (χ4v) is 3.80. The van der Waals surface area contributed by atoms with Crippen LogP contribution in [0, 0.1) is 0 Å². The maximum atomic E-state index is 12.6. The number of nitrogens with zero attached hydrogens (tertiary/aromatic N) is 4. The van der Waals surface area contributed by atoms with Gasteiger partial charge in [0.1, 0.15) is 11.5 Å². The molecule has 5 rings (SSSR count). The number of carbonyl (C=O) groups excluding carboxylic acids is 1. The minimum Gasteiger partial charge on any atom is -0.497 e. The highest BCUT2D eigenvalue weighted by atomic mass is 16.7. The molecule has 0 N–H and O–H groups in total. The number of hydrogen-bond acceptors (Lipinski definition) is 8. The van der Waals surface area contributed by atoms with Crippen molar-refractivity contribution >= 4 is 11.7 Å². The monoisotopic (exact) mass is 448 g/mol. The summed E-state index contributed by atoms with van der Waals surface area (Å²) in [6.45, 7) is 2.77. The molecule has 1 aromatic heterocycles. The molecule has 0 spiro atoms. The van der Waals surface area contributed by atoms with Gasteiger partial charge in [-0.05, 0) is 48.5 Å². The fraction of sp³-hybridized carbons (Fsp3) is 0.292. The fourth-order valence-electron chi connectivity index (χ4n) is 3.80. The van der Waals surface area contributed by atoms with E-state index in [9.17, 15) is 4.79 Å². The third-order valence-corrected chi connectivity index (χ3v) is 5.70. The highest BCUT2D eigenvalue weighted by Gasteiger charge is 2.23. The van der Waals surface area contributed by atoms with Crippen molar-refractivity contribution in [3.05, 3.63) is 54.6 Å². The van der Waals surface area contributed by atoms with Crippen molar-refractivity contribution in [3.63, 3.8) is 0 Å². The number of rotatable bonds is 6. The average molecular weight is 448 g/mol. The molecule has 33 heavy (non-hydrogen) atoms. The van der Waals surface area contributed by atoms with Crippen LogP contribution < -0.4 is 23.8 Å². The molecule has 0 atom stereocenters. The van der Waals surface area contributed by atoms with Crippen molar-refractivity contribution in [1.82, 2.24) is 15.1 Å². The lowest BCUT2D eigenvalue weighted by Crippen LogP contribution is -2.50. The summed E-state index contributed by atoms with van der Waals surface area (Å²) < 4.78 is 21.5. The molecule has 0 saturated carbocycles. The predicted octanol–water partition coefficient (Wildman–Crippen LogP) is 2.61. The molecule has 0 radical (unpaired) electrons. The summed E-state index contributed by atoms with van der Waals surface area (Å²) >= 11 is 0. The van der Waals surface area contributed by atoms with Crippen LogP contribution in [0.4, 0.5) is 5.82 Å². The highest BCUT2D eigenvalue weighted by molar-refractivity contribution is 5.78. The van der Waals surface area contributed by atoms with Gasteiger partial charge in [-0.3, -0.25) is 4.79 Å².